The molecule has 1 aromatic rings. The van der Waals surface area contributed by atoms with Crippen molar-refractivity contribution in [1.82, 2.24) is 0 Å². The van der Waals surface area contributed by atoms with Gasteiger partial charge in [0.05, 0.1) is 6.61 Å². The van der Waals surface area contributed by atoms with Crippen molar-refractivity contribution >= 4 is 26.0 Å². The predicted octanol–water partition coefficient (Wildman–Crippen LogP) is 5.44. The smallest absolute Gasteiger partial charge is 0.192 e. The van der Waals surface area contributed by atoms with Crippen LogP contribution in [-0.2, 0) is 10.8 Å². The standard InChI is InChI=1S/C16H22ClFOSi/c1-16(2,3)20(4,5)19-10-11-6-12-8-13(17)9-15(18)14(12)7-11/h6,8-9H,7,10H2,1-5H3. The van der Waals surface area contributed by atoms with Gasteiger partial charge in [-0.2, -0.15) is 0 Å². The number of hydrogen-bond acceptors (Lipinski definition) is 1. The lowest BCUT2D eigenvalue weighted by atomic mass is 10.1. The van der Waals surface area contributed by atoms with Gasteiger partial charge in [-0.3, -0.25) is 0 Å². The first-order chi connectivity index (χ1) is 9.10. The minimum Gasteiger partial charge on any atom is -0.413 e. The van der Waals surface area contributed by atoms with E-state index >= 15 is 0 Å². The molecule has 0 saturated heterocycles. The van der Waals surface area contributed by atoms with Crippen LogP contribution >= 0.6 is 11.6 Å². The number of halogens is 2. The first kappa shape index (κ1) is 15.7. The second-order valence-electron chi connectivity index (χ2n) is 6.98. The van der Waals surface area contributed by atoms with Crippen molar-refractivity contribution in [1.29, 1.82) is 0 Å². The Morgan fingerprint density at radius 2 is 1.95 bits per heavy atom. The van der Waals surface area contributed by atoms with E-state index in [-0.39, 0.29) is 10.9 Å². The Bertz CT molecular complexity index is 558. The maximum atomic E-state index is 13.8. The van der Waals surface area contributed by atoms with E-state index in [0.29, 0.717) is 18.1 Å². The van der Waals surface area contributed by atoms with E-state index < -0.39 is 8.32 Å². The van der Waals surface area contributed by atoms with Gasteiger partial charge in [-0.15, -0.1) is 0 Å². The molecule has 1 aliphatic rings. The van der Waals surface area contributed by atoms with E-state index in [1.54, 1.807) is 0 Å². The summed E-state index contributed by atoms with van der Waals surface area (Å²) in [5.74, 6) is -0.217. The van der Waals surface area contributed by atoms with Crippen LogP contribution in [0.1, 0.15) is 31.9 Å². The van der Waals surface area contributed by atoms with E-state index in [4.69, 9.17) is 16.0 Å². The third-order valence-electron chi connectivity index (χ3n) is 4.38. The zero-order valence-electron chi connectivity index (χ0n) is 12.8. The molecule has 1 nitrogen and oxygen atoms in total. The highest BCUT2D eigenvalue weighted by Crippen LogP contribution is 2.37. The fourth-order valence-corrected chi connectivity index (χ4v) is 3.21. The minimum absolute atomic E-state index is 0.188. The van der Waals surface area contributed by atoms with Gasteiger partial charge in [0.1, 0.15) is 5.82 Å². The van der Waals surface area contributed by atoms with Gasteiger partial charge < -0.3 is 4.43 Å². The molecule has 0 heterocycles. The highest BCUT2D eigenvalue weighted by molar-refractivity contribution is 6.74. The highest BCUT2D eigenvalue weighted by Gasteiger charge is 2.37. The average Bonchev–Trinajstić information content (AvgIpc) is 2.68. The molecule has 1 aliphatic carbocycles. The average molecular weight is 313 g/mol. The molecule has 1 aromatic carbocycles. The molecular formula is C16H22ClFOSi. The fourth-order valence-electron chi connectivity index (χ4n) is 2.02. The Labute approximate surface area is 126 Å². The van der Waals surface area contributed by atoms with Crippen LogP contribution in [0.15, 0.2) is 17.7 Å². The van der Waals surface area contributed by atoms with Crippen LogP contribution in [0.25, 0.3) is 6.08 Å². The second kappa shape index (κ2) is 5.28. The van der Waals surface area contributed by atoms with Crippen molar-refractivity contribution in [3.63, 3.8) is 0 Å². The zero-order valence-corrected chi connectivity index (χ0v) is 14.6. The molecule has 0 bridgehead atoms. The fraction of sp³-hybridized carbons (Fsp3) is 0.500. The molecule has 0 aromatic heterocycles. The van der Waals surface area contributed by atoms with Gasteiger partial charge in [0, 0.05) is 5.02 Å². The van der Waals surface area contributed by atoms with Gasteiger partial charge in [0.25, 0.3) is 0 Å². The zero-order chi connectivity index (χ0) is 15.1. The molecule has 0 unspecified atom stereocenters. The number of benzene rings is 1. The third-order valence-corrected chi connectivity index (χ3v) is 9.08. The summed E-state index contributed by atoms with van der Waals surface area (Å²) in [5, 5.41) is 0.636. The Balaban J connectivity index is 2.08. The number of hydrogen-bond donors (Lipinski definition) is 0. The van der Waals surface area contributed by atoms with Gasteiger partial charge in [-0.25, -0.2) is 4.39 Å². The van der Waals surface area contributed by atoms with Crippen LogP contribution in [0.4, 0.5) is 4.39 Å². The molecule has 0 atom stereocenters. The van der Waals surface area contributed by atoms with Crippen LogP contribution in [0.3, 0.4) is 0 Å². The quantitative estimate of drug-likeness (QED) is 0.675. The molecule has 0 fully saturated rings. The predicted molar refractivity (Wildman–Crippen MR) is 86.2 cm³/mol. The Morgan fingerprint density at radius 3 is 2.55 bits per heavy atom. The lowest BCUT2D eigenvalue weighted by molar-refractivity contribution is 0.317. The summed E-state index contributed by atoms with van der Waals surface area (Å²) in [6.07, 6.45) is 2.64. The lowest BCUT2D eigenvalue weighted by Crippen LogP contribution is -2.41. The molecule has 4 heteroatoms. The lowest BCUT2D eigenvalue weighted by Gasteiger charge is -2.36. The molecule has 0 spiro atoms. The molecule has 110 valence electrons. The number of fused-ring (bicyclic) bond motifs is 1. The Morgan fingerprint density at radius 1 is 1.30 bits per heavy atom. The van der Waals surface area contributed by atoms with E-state index in [1.165, 1.54) is 6.07 Å². The van der Waals surface area contributed by atoms with E-state index in [2.05, 4.69) is 33.9 Å². The Kier molecular flexibility index (Phi) is 4.16. The van der Waals surface area contributed by atoms with E-state index in [0.717, 1.165) is 16.7 Å². The van der Waals surface area contributed by atoms with Crippen LogP contribution < -0.4 is 0 Å². The van der Waals surface area contributed by atoms with Crippen molar-refractivity contribution < 1.29 is 8.82 Å². The minimum atomic E-state index is -1.76. The molecule has 0 N–H and O–H groups in total. The topological polar surface area (TPSA) is 9.23 Å². The normalized spacial score (nSPS) is 15.2. The monoisotopic (exact) mass is 312 g/mol. The SMILES string of the molecule is CC(C)(C)[Si](C)(C)OCC1=Cc2cc(Cl)cc(F)c2C1. The van der Waals surface area contributed by atoms with Gasteiger partial charge in [-0.05, 0) is 53.4 Å². The van der Waals surface area contributed by atoms with E-state index in [1.807, 2.05) is 12.1 Å². The molecule has 2 rings (SSSR count). The van der Waals surface area contributed by atoms with Gasteiger partial charge in [-0.1, -0.05) is 38.4 Å². The van der Waals surface area contributed by atoms with Crippen molar-refractivity contribution in [2.45, 2.75) is 45.3 Å². The second-order valence-corrected chi connectivity index (χ2v) is 12.2. The maximum Gasteiger partial charge on any atom is 0.192 e. The summed E-state index contributed by atoms with van der Waals surface area (Å²) in [6.45, 7) is 11.7. The first-order valence-corrected chi connectivity index (χ1v) is 10.2. The molecule has 0 aliphatic heterocycles. The molecule has 0 radical (unpaired) electrons. The summed E-state index contributed by atoms with van der Waals surface area (Å²) in [5.41, 5.74) is 2.76. The summed E-state index contributed by atoms with van der Waals surface area (Å²) < 4.78 is 20.0. The van der Waals surface area contributed by atoms with Crippen molar-refractivity contribution in [2.75, 3.05) is 6.61 Å². The Hall–Kier alpha value is -0.643. The molecule has 20 heavy (non-hydrogen) atoms. The van der Waals surface area contributed by atoms with Crippen LogP contribution in [0, 0.1) is 5.82 Å². The van der Waals surface area contributed by atoms with Crippen LogP contribution in [-0.4, -0.2) is 14.9 Å². The summed E-state index contributed by atoms with van der Waals surface area (Å²) in [6, 6.07) is 3.20. The summed E-state index contributed by atoms with van der Waals surface area (Å²) in [7, 11) is -1.76. The molecule has 0 saturated carbocycles. The maximum absolute atomic E-state index is 13.8. The molecular weight excluding hydrogens is 291 g/mol. The highest BCUT2D eigenvalue weighted by atomic mass is 35.5. The largest absolute Gasteiger partial charge is 0.413 e. The van der Waals surface area contributed by atoms with Gasteiger partial charge in [0.2, 0.25) is 0 Å². The summed E-state index contributed by atoms with van der Waals surface area (Å²) in [4.78, 5) is 0. The van der Waals surface area contributed by atoms with E-state index in [9.17, 15) is 4.39 Å². The summed E-state index contributed by atoms with van der Waals surface area (Å²) >= 11 is 5.89. The van der Waals surface area contributed by atoms with Crippen LogP contribution in [0.5, 0.6) is 0 Å². The van der Waals surface area contributed by atoms with Crippen molar-refractivity contribution in [3.05, 3.63) is 39.7 Å². The van der Waals surface area contributed by atoms with Crippen molar-refractivity contribution in [2.24, 2.45) is 0 Å². The third kappa shape index (κ3) is 3.16. The first-order valence-electron chi connectivity index (χ1n) is 6.91. The molecule has 0 amide bonds. The van der Waals surface area contributed by atoms with Crippen LogP contribution in [0.2, 0.25) is 23.2 Å². The van der Waals surface area contributed by atoms with Gasteiger partial charge >= 0.3 is 0 Å². The van der Waals surface area contributed by atoms with Crippen molar-refractivity contribution in [3.8, 4) is 0 Å². The van der Waals surface area contributed by atoms with Gasteiger partial charge in [0.15, 0.2) is 8.32 Å². The number of rotatable bonds is 3.